The molecule has 238 valence electrons. The molecule has 7 rings (SSSR count). The first-order chi connectivity index (χ1) is 22.9. The zero-order chi connectivity index (χ0) is 32.5. The molecule has 0 saturated carbocycles. The zero-order valence-corrected chi connectivity index (χ0v) is 25.4. The number of benzene rings is 3. The lowest BCUT2D eigenvalue weighted by atomic mass is 9.80. The van der Waals surface area contributed by atoms with Gasteiger partial charge in [-0.2, -0.15) is 0 Å². The number of β-lactam (4-membered cyclic amide) rings is 1. The van der Waals surface area contributed by atoms with Gasteiger partial charge in [0.15, 0.2) is 11.3 Å². The zero-order valence-electron chi connectivity index (χ0n) is 24.6. The van der Waals surface area contributed by atoms with Crippen LogP contribution >= 0.6 is 11.8 Å². The van der Waals surface area contributed by atoms with Gasteiger partial charge in [-0.15, -0.1) is 5.10 Å². The molecule has 2 fully saturated rings. The van der Waals surface area contributed by atoms with E-state index in [0.29, 0.717) is 6.41 Å². The lowest BCUT2D eigenvalue weighted by Gasteiger charge is -2.48. The second kappa shape index (κ2) is 12.3. The highest BCUT2D eigenvalue weighted by Crippen LogP contribution is 2.44. The van der Waals surface area contributed by atoms with E-state index in [2.05, 4.69) is 21.0 Å². The molecule has 2 saturated heterocycles. The third-order valence-electron chi connectivity index (χ3n) is 8.36. The third kappa shape index (κ3) is 5.18. The number of carboxylic acid groups (broad SMARTS) is 1. The Morgan fingerprint density at radius 1 is 1.00 bits per heavy atom. The predicted molar refractivity (Wildman–Crippen MR) is 164 cm³/mol. The van der Waals surface area contributed by atoms with E-state index in [1.165, 1.54) is 14.5 Å². The molecule has 0 unspecified atom stereocenters. The van der Waals surface area contributed by atoms with E-state index >= 15 is 0 Å². The first-order valence-electron chi connectivity index (χ1n) is 14.6. The maximum Gasteiger partial charge on any atom is 0.356 e. The monoisotopic (exact) mass is 653 g/mol. The van der Waals surface area contributed by atoms with Crippen molar-refractivity contribution in [3.05, 3.63) is 119 Å². The number of hydrogen-bond donors (Lipinski definition) is 2. The molecule has 3 amide bonds. The molecule has 4 heterocycles. The number of aromatic nitrogens is 4. The minimum Gasteiger partial charge on any atom is -0.487 e. The summed E-state index contributed by atoms with van der Waals surface area (Å²) in [6, 6.07) is 27.4. The van der Waals surface area contributed by atoms with Crippen molar-refractivity contribution in [2.75, 3.05) is 12.3 Å². The smallest absolute Gasteiger partial charge is 0.356 e. The molecule has 14 nitrogen and oxygen atoms in total. The van der Waals surface area contributed by atoms with Gasteiger partial charge in [0, 0.05) is 0 Å². The lowest BCUT2D eigenvalue weighted by molar-refractivity contribution is -0.162. The number of carbonyl (C=O) groups is 4. The summed E-state index contributed by atoms with van der Waals surface area (Å²) >= 11 is 1.04. The summed E-state index contributed by atoms with van der Waals surface area (Å²) in [5, 5.41) is 21.8. The van der Waals surface area contributed by atoms with Crippen LogP contribution in [0.2, 0.25) is 0 Å². The maximum absolute atomic E-state index is 13.4. The molecule has 4 aromatic rings. The number of ether oxygens (including phenoxy) is 1. The summed E-state index contributed by atoms with van der Waals surface area (Å²) in [4.78, 5) is 58.7. The molecule has 2 N–H and O–H groups in total. The molecule has 3 aliphatic heterocycles. The summed E-state index contributed by atoms with van der Waals surface area (Å²) in [6.07, 6.45) is 0.0165. The molecule has 0 radical (unpaired) electrons. The van der Waals surface area contributed by atoms with Gasteiger partial charge in [0.05, 0.1) is 12.3 Å². The average Bonchev–Trinajstić information content (AvgIpc) is 3.70. The SMILES string of the molecule is O=CN1C[C@H]2OC(CSc3nnnn3CC(=O)NOC(c3ccccc3)(c3ccccc3)c3ccccc3)=C(C(=O)O)N3C(=O)[C@@H]1[C@@H]23. The Labute approximate surface area is 271 Å². The molecule has 1 aromatic heterocycles. The number of nitrogens with one attached hydrogen (secondary N) is 1. The minimum absolute atomic E-state index is 0.0436. The Kier molecular flexibility index (Phi) is 7.91. The molecule has 0 spiro atoms. The second-order valence-electron chi connectivity index (χ2n) is 11.0. The summed E-state index contributed by atoms with van der Waals surface area (Å²) < 4.78 is 7.24. The van der Waals surface area contributed by atoms with Gasteiger partial charge in [-0.05, 0) is 27.1 Å². The summed E-state index contributed by atoms with van der Waals surface area (Å²) in [6.45, 7) is -0.156. The van der Waals surface area contributed by atoms with Gasteiger partial charge in [-0.3, -0.25) is 24.1 Å². The van der Waals surface area contributed by atoms with Crippen molar-refractivity contribution in [2.24, 2.45) is 0 Å². The average molecular weight is 654 g/mol. The summed E-state index contributed by atoms with van der Waals surface area (Å²) in [5.41, 5.74) is 3.51. The fourth-order valence-corrected chi connectivity index (χ4v) is 7.14. The van der Waals surface area contributed by atoms with E-state index in [1.54, 1.807) is 0 Å². The number of nitrogens with zero attached hydrogens (tertiary/aromatic N) is 6. The van der Waals surface area contributed by atoms with Gasteiger partial charge in [0.25, 0.3) is 11.8 Å². The summed E-state index contributed by atoms with van der Waals surface area (Å²) in [7, 11) is 0. The van der Waals surface area contributed by atoms with Crippen LogP contribution in [-0.2, 0) is 40.9 Å². The molecule has 3 atom stereocenters. The Bertz CT molecular complexity index is 1760. The number of carbonyl (C=O) groups excluding carboxylic acids is 3. The van der Waals surface area contributed by atoms with Crippen LogP contribution in [0.1, 0.15) is 16.7 Å². The van der Waals surface area contributed by atoms with E-state index < -0.39 is 41.6 Å². The first-order valence-corrected chi connectivity index (χ1v) is 15.6. The number of tetrazole rings is 1. The molecule has 0 aliphatic carbocycles. The molecule has 3 aromatic carbocycles. The van der Waals surface area contributed by atoms with Crippen LogP contribution in [0.5, 0.6) is 0 Å². The topological polar surface area (TPSA) is 169 Å². The Morgan fingerprint density at radius 2 is 1.60 bits per heavy atom. The van der Waals surface area contributed by atoms with Crippen LogP contribution in [0.15, 0.2) is 108 Å². The van der Waals surface area contributed by atoms with E-state index in [9.17, 15) is 24.3 Å². The highest BCUT2D eigenvalue weighted by atomic mass is 32.2. The Balaban J connectivity index is 1.09. The van der Waals surface area contributed by atoms with Gasteiger partial charge in [0.1, 0.15) is 30.5 Å². The Hall–Kier alpha value is -5.54. The molecular formula is C32H27N7O7S. The number of rotatable bonds is 12. The number of hydrogen-bond acceptors (Lipinski definition) is 10. The van der Waals surface area contributed by atoms with Gasteiger partial charge >= 0.3 is 5.97 Å². The fourth-order valence-electron chi connectivity index (χ4n) is 6.33. The van der Waals surface area contributed by atoms with Gasteiger partial charge in [0.2, 0.25) is 11.6 Å². The van der Waals surface area contributed by atoms with Crippen molar-refractivity contribution in [1.29, 1.82) is 0 Å². The van der Waals surface area contributed by atoms with E-state index in [4.69, 9.17) is 9.57 Å². The number of aliphatic carboxylic acids is 1. The van der Waals surface area contributed by atoms with E-state index in [1.807, 2.05) is 91.0 Å². The maximum atomic E-state index is 13.4. The van der Waals surface area contributed by atoms with Crippen molar-refractivity contribution in [3.8, 4) is 0 Å². The standard InChI is InChI=1S/C32H27N7O7S/c40-19-37-16-23-26-28(37)29(42)39(26)27(30(43)44)24(45-23)18-47-31-33-35-36-38(31)17-25(41)34-46-32(20-10-4-1-5-11-20,21-12-6-2-7-13-21)22-14-8-3-9-15-22/h1-15,19,23,26,28H,16-18H2,(H,34,41)(H,43,44)/t23-,26-,28+/m1/s1. The van der Waals surface area contributed by atoms with Crippen molar-refractivity contribution in [2.45, 2.75) is 35.5 Å². The first kappa shape index (κ1) is 30.1. The van der Waals surface area contributed by atoms with Crippen molar-refractivity contribution in [3.63, 3.8) is 0 Å². The normalized spacial score (nSPS) is 19.9. The largest absolute Gasteiger partial charge is 0.487 e. The van der Waals surface area contributed by atoms with Crippen molar-refractivity contribution < 1.29 is 33.9 Å². The number of amides is 3. The van der Waals surface area contributed by atoms with Gasteiger partial charge < -0.3 is 14.7 Å². The highest BCUT2D eigenvalue weighted by Gasteiger charge is 2.64. The van der Waals surface area contributed by atoms with Crippen LogP contribution in [0, 0.1) is 0 Å². The predicted octanol–water partition coefficient (Wildman–Crippen LogP) is 1.55. The van der Waals surface area contributed by atoms with Crippen molar-refractivity contribution in [1.82, 2.24) is 35.5 Å². The Morgan fingerprint density at radius 3 is 2.15 bits per heavy atom. The van der Waals surface area contributed by atoms with Crippen LogP contribution in [0.4, 0.5) is 0 Å². The van der Waals surface area contributed by atoms with Gasteiger partial charge in [-0.25, -0.2) is 15.0 Å². The van der Waals surface area contributed by atoms with E-state index in [-0.39, 0.29) is 35.5 Å². The van der Waals surface area contributed by atoms with Crippen LogP contribution in [0.3, 0.4) is 0 Å². The third-order valence-corrected chi connectivity index (χ3v) is 9.32. The van der Waals surface area contributed by atoms with Crippen LogP contribution in [-0.4, -0.2) is 89.8 Å². The quantitative estimate of drug-likeness (QED) is 0.0748. The fraction of sp³-hybridized carbons (Fsp3) is 0.219. The van der Waals surface area contributed by atoms with E-state index in [0.717, 1.165) is 28.5 Å². The molecule has 3 aliphatic rings. The molecule has 0 bridgehead atoms. The number of thioether (sulfide) groups is 1. The lowest BCUT2D eigenvalue weighted by Crippen LogP contribution is -2.70. The molecular weight excluding hydrogens is 626 g/mol. The van der Waals surface area contributed by atoms with Crippen molar-refractivity contribution >= 4 is 36.0 Å². The minimum atomic E-state index is -1.33. The summed E-state index contributed by atoms with van der Waals surface area (Å²) in [5.74, 6) is -2.34. The van der Waals surface area contributed by atoms with Gasteiger partial charge in [-0.1, -0.05) is 103 Å². The molecule has 15 heteroatoms. The number of likely N-dealkylation sites (tertiary alicyclic amines) is 1. The van der Waals surface area contributed by atoms with Crippen LogP contribution < -0.4 is 5.48 Å². The number of hydroxylamine groups is 1. The number of carboxylic acids is 1. The highest BCUT2D eigenvalue weighted by molar-refractivity contribution is 7.99. The van der Waals surface area contributed by atoms with Crippen LogP contribution in [0.25, 0.3) is 0 Å². The molecule has 47 heavy (non-hydrogen) atoms. The second-order valence-corrected chi connectivity index (χ2v) is 11.9.